The number of esters is 1. The molecule has 0 saturated carbocycles. The zero-order valence-electron chi connectivity index (χ0n) is 15.3. The van der Waals surface area contributed by atoms with Gasteiger partial charge in [0.1, 0.15) is 5.75 Å². The lowest BCUT2D eigenvalue weighted by Gasteiger charge is -2.14. The molecule has 2 rings (SSSR count). The van der Waals surface area contributed by atoms with Gasteiger partial charge in [-0.25, -0.2) is 13.2 Å². The van der Waals surface area contributed by atoms with Gasteiger partial charge in [0.15, 0.2) is 15.9 Å². The number of sulfone groups is 1. The van der Waals surface area contributed by atoms with Crippen molar-refractivity contribution in [1.29, 1.82) is 0 Å². The van der Waals surface area contributed by atoms with Crippen LogP contribution in [0.2, 0.25) is 0 Å². The third kappa shape index (κ3) is 6.41. The third-order valence-corrected chi connectivity index (χ3v) is 4.46. The van der Waals surface area contributed by atoms with E-state index in [0.29, 0.717) is 17.0 Å². The monoisotopic (exact) mass is 391 g/mol. The van der Waals surface area contributed by atoms with Crippen LogP contribution >= 0.6 is 0 Å². The van der Waals surface area contributed by atoms with Gasteiger partial charge >= 0.3 is 5.97 Å². The second-order valence-corrected chi connectivity index (χ2v) is 8.18. The van der Waals surface area contributed by atoms with Crippen molar-refractivity contribution in [3.05, 3.63) is 59.7 Å². The zero-order chi connectivity index (χ0) is 20.0. The molecule has 0 aliphatic carbocycles. The molecule has 7 nitrogen and oxygen atoms in total. The van der Waals surface area contributed by atoms with E-state index in [1.54, 1.807) is 43.5 Å². The van der Waals surface area contributed by atoms with Gasteiger partial charge in [-0.3, -0.25) is 4.79 Å². The van der Waals surface area contributed by atoms with E-state index in [-0.39, 0.29) is 11.3 Å². The highest BCUT2D eigenvalue weighted by Crippen LogP contribution is 2.16. The van der Waals surface area contributed by atoms with Crippen molar-refractivity contribution in [3.8, 4) is 5.75 Å². The Labute approximate surface area is 158 Å². The van der Waals surface area contributed by atoms with Crippen LogP contribution in [0.5, 0.6) is 5.75 Å². The molecule has 0 heterocycles. The number of carbonyl (C=O) groups is 2. The Balaban J connectivity index is 1.99. The van der Waals surface area contributed by atoms with Crippen LogP contribution in [0, 0.1) is 0 Å². The quantitative estimate of drug-likeness (QED) is 0.728. The summed E-state index contributed by atoms with van der Waals surface area (Å²) in [6.07, 6.45) is 0.0852. The average molecular weight is 391 g/mol. The fourth-order valence-corrected chi connectivity index (χ4v) is 3.08. The topological polar surface area (TPSA) is 98.8 Å². The van der Waals surface area contributed by atoms with Crippen molar-refractivity contribution in [2.45, 2.75) is 18.8 Å². The van der Waals surface area contributed by atoms with Gasteiger partial charge in [-0.1, -0.05) is 12.1 Å². The molecule has 0 aliphatic rings. The smallest absolute Gasteiger partial charge is 0.338 e. The Hall–Kier alpha value is -2.87. The summed E-state index contributed by atoms with van der Waals surface area (Å²) in [7, 11) is -1.68. The molecule has 0 unspecified atom stereocenters. The SMILES string of the molecule is COc1ccc(NC(=O)[C@H](C)OC(=O)c2cccc(CS(C)(=O)=O)c2)cc1. The van der Waals surface area contributed by atoms with Crippen LogP contribution in [0.3, 0.4) is 0 Å². The van der Waals surface area contributed by atoms with E-state index in [9.17, 15) is 18.0 Å². The molecule has 0 spiro atoms. The van der Waals surface area contributed by atoms with Crippen molar-refractivity contribution >= 4 is 27.4 Å². The van der Waals surface area contributed by atoms with Crippen LogP contribution in [-0.2, 0) is 25.1 Å². The molecule has 8 heteroatoms. The first kappa shape index (κ1) is 20.4. The van der Waals surface area contributed by atoms with Crippen molar-refractivity contribution < 1.29 is 27.5 Å². The lowest BCUT2D eigenvalue weighted by Crippen LogP contribution is -2.30. The number of carbonyl (C=O) groups excluding carboxylic acids is 2. The summed E-state index contributed by atoms with van der Waals surface area (Å²) in [5.74, 6) is -0.716. The number of ether oxygens (including phenoxy) is 2. The molecule has 0 aromatic heterocycles. The van der Waals surface area contributed by atoms with Gasteiger partial charge in [-0.05, 0) is 48.9 Å². The van der Waals surface area contributed by atoms with Gasteiger partial charge in [-0.15, -0.1) is 0 Å². The number of nitrogens with one attached hydrogen (secondary N) is 1. The molecule has 0 fully saturated rings. The number of rotatable bonds is 7. The van der Waals surface area contributed by atoms with Crippen LogP contribution in [0.1, 0.15) is 22.8 Å². The first-order valence-electron chi connectivity index (χ1n) is 8.10. The Kier molecular flexibility index (Phi) is 6.57. The molecule has 2 aromatic carbocycles. The number of benzene rings is 2. The molecule has 0 saturated heterocycles. The molecule has 1 atom stereocenters. The van der Waals surface area contributed by atoms with Crippen LogP contribution in [0.4, 0.5) is 5.69 Å². The minimum absolute atomic E-state index is 0.179. The zero-order valence-corrected chi connectivity index (χ0v) is 16.1. The molecule has 0 radical (unpaired) electrons. The van der Waals surface area contributed by atoms with Gasteiger partial charge in [0, 0.05) is 11.9 Å². The second kappa shape index (κ2) is 8.68. The van der Waals surface area contributed by atoms with E-state index in [0.717, 1.165) is 6.26 Å². The number of anilines is 1. The van der Waals surface area contributed by atoms with E-state index < -0.39 is 27.8 Å². The first-order chi connectivity index (χ1) is 12.7. The first-order valence-corrected chi connectivity index (χ1v) is 10.2. The van der Waals surface area contributed by atoms with Crippen LogP contribution in [-0.4, -0.2) is 39.8 Å². The maximum absolute atomic E-state index is 12.2. The fraction of sp³-hybridized carbons (Fsp3) is 0.263. The average Bonchev–Trinajstić information content (AvgIpc) is 2.61. The summed E-state index contributed by atoms with van der Waals surface area (Å²) in [4.78, 5) is 24.4. The van der Waals surface area contributed by atoms with Gasteiger partial charge in [0.05, 0.1) is 18.4 Å². The summed E-state index contributed by atoms with van der Waals surface area (Å²) < 4.78 is 33.0. The maximum atomic E-state index is 12.2. The van der Waals surface area contributed by atoms with Crippen LogP contribution in [0.25, 0.3) is 0 Å². The van der Waals surface area contributed by atoms with Crippen molar-refractivity contribution in [2.24, 2.45) is 0 Å². The van der Waals surface area contributed by atoms with Crippen LogP contribution in [0.15, 0.2) is 48.5 Å². The molecule has 0 aliphatic heterocycles. The van der Waals surface area contributed by atoms with E-state index in [2.05, 4.69) is 5.32 Å². The van der Waals surface area contributed by atoms with Gasteiger partial charge in [-0.2, -0.15) is 0 Å². The predicted octanol–water partition coefficient (Wildman–Crippen LogP) is 2.42. The van der Waals surface area contributed by atoms with E-state index >= 15 is 0 Å². The number of methoxy groups -OCH3 is 1. The van der Waals surface area contributed by atoms with Gasteiger partial charge in [0.25, 0.3) is 5.91 Å². The molecule has 144 valence electrons. The molecule has 2 aromatic rings. The van der Waals surface area contributed by atoms with E-state index in [4.69, 9.17) is 9.47 Å². The molecule has 0 bridgehead atoms. The molecule has 1 amide bonds. The summed E-state index contributed by atoms with van der Waals surface area (Å²) in [5.41, 5.74) is 1.20. The second-order valence-electron chi connectivity index (χ2n) is 6.04. The van der Waals surface area contributed by atoms with E-state index in [1.165, 1.54) is 19.1 Å². The summed E-state index contributed by atoms with van der Waals surface area (Å²) in [6.45, 7) is 1.46. The van der Waals surface area contributed by atoms with E-state index in [1.807, 2.05) is 0 Å². The molecule has 1 N–H and O–H groups in total. The highest BCUT2D eigenvalue weighted by atomic mass is 32.2. The summed E-state index contributed by atoms with van der Waals surface area (Å²) in [6, 6.07) is 12.8. The highest BCUT2D eigenvalue weighted by molar-refractivity contribution is 7.89. The predicted molar refractivity (Wildman–Crippen MR) is 101 cm³/mol. The fourth-order valence-electron chi connectivity index (χ4n) is 2.29. The minimum Gasteiger partial charge on any atom is -0.497 e. The van der Waals surface area contributed by atoms with Gasteiger partial charge < -0.3 is 14.8 Å². The summed E-state index contributed by atoms with van der Waals surface area (Å²) in [5, 5.41) is 2.64. The van der Waals surface area contributed by atoms with Crippen molar-refractivity contribution in [3.63, 3.8) is 0 Å². The molecular weight excluding hydrogens is 370 g/mol. The Morgan fingerprint density at radius 1 is 1.11 bits per heavy atom. The van der Waals surface area contributed by atoms with Crippen molar-refractivity contribution in [2.75, 3.05) is 18.7 Å². The maximum Gasteiger partial charge on any atom is 0.338 e. The third-order valence-electron chi connectivity index (χ3n) is 3.60. The molecule has 27 heavy (non-hydrogen) atoms. The lowest BCUT2D eigenvalue weighted by molar-refractivity contribution is -0.123. The van der Waals surface area contributed by atoms with Crippen molar-refractivity contribution in [1.82, 2.24) is 0 Å². The summed E-state index contributed by atoms with van der Waals surface area (Å²) >= 11 is 0. The normalized spacial score (nSPS) is 12.1. The lowest BCUT2D eigenvalue weighted by atomic mass is 10.1. The molecular formula is C19H21NO6S. The Bertz CT molecular complexity index is 921. The van der Waals surface area contributed by atoms with Crippen LogP contribution < -0.4 is 10.1 Å². The number of hydrogen-bond donors (Lipinski definition) is 1. The standard InChI is InChI=1S/C19H21NO6S/c1-13(18(21)20-16-7-9-17(25-2)10-8-16)26-19(22)15-6-4-5-14(11-15)12-27(3,23)24/h4-11,13H,12H2,1-3H3,(H,20,21)/t13-/m0/s1. The highest BCUT2D eigenvalue weighted by Gasteiger charge is 2.19. The Morgan fingerprint density at radius 2 is 1.78 bits per heavy atom. The van der Waals surface area contributed by atoms with Gasteiger partial charge in [0.2, 0.25) is 0 Å². The minimum atomic E-state index is -3.22. The number of amides is 1. The largest absolute Gasteiger partial charge is 0.497 e. The Morgan fingerprint density at radius 3 is 2.37 bits per heavy atom. The number of hydrogen-bond acceptors (Lipinski definition) is 6.